The van der Waals surface area contributed by atoms with E-state index in [-0.39, 0.29) is 17.8 Å². The Kier molecular flexibility index (Phi) is 5.68. The molecule has 1 aliphatic rings. The predicted octanol–water partition coefficient (Wildman–Crippen LogP) is 1.52. The summed E-state index contributed by atoms with van der Waals surface area (Å²) >= 11 is 0. The predicted molar refractivity (Wildman–Crippen MR) is 102 cm³/mol. The van der Waals surface area contributed by atoms with Crippen LogP contribution in [0.4, 0.5) is 11.4 Å². The molecule has 2 aromatic rings. The van der Waals surface area contributed by atoms with Crippen LogP contribution in [0.1, 0.15) is 21.5 Å². The van der Waals surface area contributed by atoms with Gasteiger partial charge in [0.25, 0.3) is 11.6 Å². The molecular weight excluding hydrogens is 348 g/mol. The summed E-state index contributed by atoms with van der Waals surface area (Å²) in [7, 11) is 0. The van der Waals surface area contributed by atoms with E-state index in [0.717, 1.165) is 25.6 Å². The number of aliphatic hydroxyl groups is 1. The van der Waals surface area contributed by atoms with Gasteiger partial charge in [0.15, 0.2) is 0 Å². The highest BCUT2D eigenvalue weighted by atomic mass is 16.6. The van der Waals surface area contributed by atoms with Crippen molar-refractivity contribution in [1.82, 2.24) is 4.90 Å². The van der Waals surface area contributed by atoms with E-state index in [1.54, 1.807) is 0 Å². The number of β-amino-alcohol motifs (C(OH)–C–C–N with tert-alkyl or cyclic N) is 1. The highest BCUT2D eigenvalue weighted by Gasteiger charge is 2.19. The Morgan fingerprint density at radius 3 is 2.74 bits per heavy atom. The maximum atomic E-state index is 11.6. The summed E-state index contributed by atoms with van der Waals surface area (Å²) in [5.41, 5.74) is 8.13. The summed E-state index contributed by atoms with van der Waals surface area (Å²) in [5, 5.41) is 24.2. The van der Waals surface area contributed by atoms with Gasteiger partial charge in [0.05, 0.1) is 16.6 Å². The lowest BCUT2D eigenvalue weighted by molar-refractivity contribution is -0.384. The SMILES string of the molecule is NC(=O)c1cc([N+](=O)[O-])ccc1NCC(O)CN1CCc2ccccc2C1. The highest BCUT2D eigenvalue weighted by Crippen LogP contribution is 2.22. The van der Waals surface area contributed by atoms with Crippen LogP contribution in [0.5, 0.6) is 0 Å². The minimum absolute atomic E-state index is 0.0308. The van der Waals surface area contributed by atoms with Crippen molar-refractivity contribution in [3.8, 4) is 0 Å². The lowest BCUT2D eigenvalue weighted by Crippen LogP contribution is -2.39. The van der Waals surface area contributed by atoms with Gasteiger partial charge in [-0.3, -0.25) is 19.8 Å². The second-order valence-electron chi connectivity index (χ2n) is 6.64. The zero-order valence-corrected chi connectivity index (χ0v) is 14.8. The molecule has 0 radical (unpaired) electrons. The summed E-state index contributed by atoms with van der Waals surface area (Å²) in [6, 6.07) is 12.1. The van der Waals surface area contributed by atoms with Gasteiger partial charge in [-0.25, -0.2) is 0 Å². The molecule has 0 saturated heterocycles. The van der Waals surface area contributed by atoms with E-state index < -0.39 is 16.9 Å². The number of aliphatic hydroxyl groups excluding tert-OH is 1. The number of hydrogen-bond donors (Lipinski definition) is 3. The van der Waals surface area contributed by atoms with Crippen molar-refractivity contribution < 1.29 is 14.8 Å². The summed E-state index contributed by atoms with van der Waals surface area (Å²) < 4.78 is 0. The Bertz CT molecular complexity index is 855. The zero-order chi connectivity index (χ0) is 19.4. The third-order valence-corrected chi connectivity index (χ3v) is 4.69. The molecule has 1 amide bonds. The number of nitrogens with zero attached hydrogens (tertiary/aromatic N) is 2. The summed E-state index contributed by atoms with van der Waals surface area (Å²) in [4.78, 5) is 24.0. The van der Waals surface area contributed by atoms with Crippen LogP contribution in [0.2, 0.25) is 0 Å². The molecule has 142 valence electrons. The summed E-state index contributed by atoms with van der Waals surface area (Å²) in [6.45, 7) is 2.35. The zero-order valence-electron chi connectivity index (χ0n) is 14.8. The van der Waals surface area contributed by atoms with Gasteiger partial charge in [-0.05, 0) is 23.6 Å². The van der Waals surface area contributed by atoms with E-state index in [9.17, 15) is 20.0 Å². The van der Waals surface area contributed by atoms with Crippen LogP contribution in [-0.4, -0.2) is 46.6 Å². The van der Waals surface area contributed by atoms with Gasteiger partial charge in [-0.15, -0.1) is 0 Å². The monoisotopic (exact) mass is 370 g/mol. The van der Waals surface area contributed by atoms with Gasteiger partial charge in [-0.2, -0.15) is 0 Å². The molecule has 0 spiro atoms. The smallest absolute Gasteiger partial charge is 0.270 e. The van der Waals surface area contributed by atoms with Crippen molar-refractivity contribution in [2.24, 2.45) is 5.73 Å². The third kappa shape index (κ3) is 4.60. The van der Waals surface area contributed by atoms with E-state index in [4.69, 9.17) is 5.73 Å². The summed E-state index contributed by atoms with van der Waals surface area (Å²) in [6.07, 6.45) is 0.288. The number of fused-ring (bicyclic) bond motifs is 1. The van der Waals surface area contributed by atoms with Crippen molar-refractivity contribution in [3.05, 3.63) is 69.3 Å². The van der Waals surface area contributed by atoms with Gasteiger partial charge in [0.1, 0.15) is 0 Å². The molecule has 4 N–H and O–H groups in total. The number of primary amides is 1. The summed E-state index contributed by atoms with van der Waals surface area (Å²) in [5.74, 6) is -0.761. The second-order valence-corrected chi connectivity index (χ2v) is 6.64. The molecule has 2 aromatic carbocycles. The number of non-ortho nitro benzene ring substituents is 1. The highest BCUT2D eigenvalue weighted by molar-refractivity contribution is 5.99. The van der Waals surface area contributed by atoms with Crippen molar-refractivity contribution in [1.29, 1.82) is 0 Å². The Balaban J connectivity index is 1.59. The molecule has 1 aliphatic heterocycles. The van der Waals surface area contributed by atoms with Crippen LogP contribution in [0.25, 0.3) is 0 Å². The Hall–Kier alpha value is -2.97. The van der Waals surface area contributed by atoms with E-state index in [0.29, 0.717) is 12.2 Å². The normalized spacial score (nSPS) is 15.0. The molecule has 1 atom stereocenters. The topological polar surface area (TPSA) is 122 Å². The number of nitro benzene ring substituents is 1. The van der Waals surface area contributed by atoms with Gasteiger partial charge < -0.3 is 16.2 Å². The number of amides is 1. The van der Waals surface area contributed by atoms with E-state index in [1.807, 2.05) is 12.1 Å². The van der Waals surface area contributed by atoms with Crippen molar-refractivity contribution >= 4 is 17.3 Å². The lowest BCUT2D eigenvalue weighted by atomic mass is 10.00. The number of anilines is 1. The average Bonchev–Trinajstić information content (AvgIpc) is 2.66. The van der Waals surface area contributed by atoms with Crippen LogP contribution >= 0.6 is 0 Å². The maximum absolute atomic E-state index is 11.6. The van der Waals surface area contributed by atoms with Crippen LogP contribution in [0.15, 0.2) is 42.5 Å². The number of nitrogens with one attached hydrogen (secondary N) is 1. The average molecular weight is 370 g/mol. The molecule has 0 aromatic heterocycles. The first-order valence-corrected chi connectivity index (χ1v) is 8.73. The van der Waals surface area contributed by atoms with E-state index in [2.05, 4.69) is 22.3 Å². The van der Waals surface area contributed by atoms with Crippen molar-refractivity contribution in [2.45, 2.75) is 19.1 Å². The van der Waals surface area contributed by atoms with Crippen LogP contribution in [0.3, 0.4) is 0 Å². The Labute approximate surface area is 156 Å². The minimum atomic E-state index is -0.761. The van der Waals surface area contributed by atoms with Gasteiger partial charge in [-0.1, -0.05) is 24.3 Å². The molecule has 0 aliphatic carbocycles. The number of nitro groups is 1. The standard InChI is InChI=1S/C19H22N4O4/c20-19(25)17-9-15(23(26)27)5-6-18(17)21-10-16(24)12-22-8-7-13-3-1-2-4-14(13)11-22/h1-6,9,16,21,24H,7-8,10-12H2,(H2,20,25). The molecule has 8 nitrogen and oxygen atoms in total. The van der Waals surface area contributed by atoms with Gasteiger partial charge in [0, 0.05) is 44.0 Å². The molecule has 0 saturated carbocycles. The first-order valence-electron chi connectivity index (χ1n) is 8.73. The molecule has 0 fully saturated rings. The van der Waals surface area contributed by atoms with Crippen molar-refractivity contribution in [3.63, 3.8) is 0 Å². The molecular formula is C19H22N4O4. The Morgan fingerprint density at radius 2 is 2.04 bits per heavy atom. The number of benzene rings is 2. The molecule has 0 bridgehead atoms. The fourth-order valence-electron chi connectivity index (χ4n) is 3.30. The molecule has 27 heavy (non-hydrogen) atoms. The van der Waals surface area contributed by atoms with Crippen LogP contribution in [-0.2, 0) is 13.0 Å². The van der Waals surface area contributed by atoms with Gasteiger partial charge >= 0.3 is 0 Å². The van der Waals surface area contributed by atoms with Crippen molar-refractivity contribution in [2.75, 3.05) is 25.0 Å². The van der Waals surface area contributed by atoms with E-state index in [1.165, 1.54) is 23.3 Å². The number of carbonyl (C=O) groups excluding carboxylic acids is 1. The largest absolute Gasteiger partial charge is 0.390 e. The van der Waals surface area contributed by atoms with Crippen LogP contribution in [0, 0.1) is 10.1 Å². The maximum Gasteiger partial charge on any atom is 0.270 e. The molecule has 1 heterocycles. The second kappa shape index (κ2) is 8.15. The number of carbonyl (C=O) groups is 1. The molecule has 1 unspecified atom stereocenters. The fraction of sp³-hybridized carbons (Fsp3) is 0.316. The number of hydrogen-bond acceptors (Lipinski definition) is 6. The first-order chi connectivity index (χ1) is 12.9. The number of rotatable bonds is 7. The Morgan fingerprint density at radius 1 is 1.30 bits per heavy atom. The minimum Gasteiger partial charge on any atom is -0.390 e. The number of nitrogens with two attached hydrogens (primary N) is 1. The third-order valence-electron chi connectivity index (χ3n) is 4.69. The first kappa shape index (κ1) is 18.8. The van der Waals surface area contributed by atoms with Crippen LogP contribution < -0.4 is 11.1 Å². The lowest BCUT2D eigenvalue weighted by Gasteiger charge is -2.30. The van der Waals surface area contributed by atoms with E-state index >= 15 is 0 Å². The molecule has 3 rings (SSSR count). The quantitative estimate of drug-likeness (QED) is 0.502. The molecule has 8 heteroatoms. The van der Waals surface area contributed by atoms with Gasteiger partial charge in [0.2, 0.25) is 0 Å². The fourth-order valence-corrected chi connectivity index (χ4v) is 3.30.